The van der Waals surface area contributed by atoms with Gasteiger partial charge in [-0.05, 0) is 23.3 Å². The van der Waals surface area contributed by atoms with E-state index in [9.17, 15) is 14.9 Å². The first-order valence-electron chi connectivity index (χ1n) is 7.89. The molecule has 0 spiro atoms. The van der Waals surface area contributed by atoms with Crippen LogP contribution in [0.2, 0.25) is 5.02 Å². The van der Waals surface area contributed by atoms with Gasteiger partial charge in [-0.15, -0.1) is 0 Å². The monoisotopic (exact) mass is 357 g/mol. The predicted molar refractivity (Wildman–Crippen MR) is 95.6 cm³/mol. The Hall–Kier alpha value is -2.73. The van der Waals surface area contributed by atoms with Crippen LogP contribution < -0.4 is 0 Å². The maximum absolute atomic E-state index is 12.3. The lowest BCUT2D eigenvalue weighted by atomic mass is 9.98. The number of rotatable bonds is 4. The fourth-order valence-electron chi connectivity index (χ4n) is 2.82. The second kappa shape index (κ2) is 7.03. The molecule has 3 rings (SSSR count). The second-order valence-corrected chi connectivity index (χ2v) is 6.15. The number of carbonyl (C=O) groups is 1. The van der Waals surface area contributed by atoms with Crippen LogP contribution in [-0.2, 0) is 4.79 Å². The fourth-order valence-corrected chi connectivity index (χ4v) is 2.95. The molecule has 1 aliphatic rings. The number of halogens is 1. The Morgan fingerprint density at radius 1 is 1.32 bits per heavy atom. The molecular formula is C18H16ClN3O3. The van der Waals surface area contributed by atoms with E-state index in [1.165, 1.54) is 17.1 Å². The summed E-state index contributed by atoms with van der Waals surface area (Å²) in [5, 5.41) is 17.6. The van der Waals surface area contributed by atoms with Crippen molar-refractivity contribution < 1.29 is 9.72 Å². The van der Waals surface area contributed by atoms with Crippen LogP contribution >= 0.6 is 11.6 Å². The van der Waals surface area contributed by atoms with Crippen molar-refractivity contribution in [1.82, 2.24) is 5.01 Å². The first kappa shape index (κ1) is 17.1. The molecule has 0 saturated carbocycles. The van der Waals surface area contributed by atoms with Crippen LogP contribution in [0.25, 0.3) is 0 Å². The Morgan fingerprint density at radius 3 is 2.68 bits per heavy atom. The summed E-state index contributed by atoms with van der Waals surface area (Å²) in [6.07, 6.45) is 0.803. The van der Waals surface area contributed by atoms with Gasteiger partial charge in [0.1, 0.15) is 0 Å². The van der Waals surface area contributed by atoms with Gasteiger partial charge < -0.3 is 0 Å². The van der Waals surface area contributed by atoms with Crippen molar-refractivity contribution in [1.29, 1.82) is 0 Å². The topological polar surface area (TPSA) is 75.8 Å². The number of nitrogens with zero attached hydrogens (tertiary/aromatic N) is 3. The number of carbonyl (C=O) groups excluding carboxylic acids is 1. The van der Waals surface area contributed by atoms with Gasteiger partial charge in [0.05, 0.1) is 16.7 Å². The predicted octanol–water partition coefficient (Wildman–Crippen LogP) is 4.34. The molecule has 1 heterocycles. The van der Waals surface area contributed by atoms with Gasteiger partial charge in [0, 0.05) is 30.0 Å². The van der Waals surface area contributed by atoms with Gasteiger partial charge in [-0.2, -0.15) is 5.10 Å². The van der Waals surface area contributed by atoms with Crippen molar-refractivity contribution in [2.24, 2.45) is 5.10 Å². The zero-order valence-corrected chi connectivity index (χ0v) is 14.3. The summed E-state index contributed by atoms with van der Waals surface area (Å²) >= 11 is 5.92. The van der Waals surface area contributed by atoms with Crippen molar-refractivity contribution in [2.45, 2.75) is 25.8 Å². The van der Waals surface area contributed by atoms with Crippen LogP contribution in [0.5, 0.6) is 0 Å². The fraction of sp³-hybridized carbons (Fsp3) is 0.222. The van der Waals surface area contributed by atoms with E-state index in [-0.39, 0.29) is 17.6 Å². The molecule has 0 aliphatic carbocycles. The highest BCUT2D eigenvalue weighted by Crippen LogP contribution is 2.34. The first-order chi connectivity index (χ1) is 12.0. The van der Waals surface area contributed by atoms with Crippen LogP contribution in [0.1, 0.15) is 36.9 Å². The molecule has 1 aliphatic heterocycles. The number of hydrogen-bond acceptors (Lipinski definition) is 4. The summed E-state index contributed by atoms with van der Waals surface area (Å²) in [6.45, 7) is 1.77. The first-order valence-corrected chi connectivity index (χ1v) is 8.27. The third-order valence-electron chi connectivity index (χ3n) is 4.11. The third kappa shape index (κ3) is 3.53. The number of nitro benzene ring substituents is 1. The van der Waals surface area contributed by atoms with E-state index in [0.29, 0.717) is 23.4 Å². The van der Waals surface area contributed by atoms with E-state index in [1.54, 1.807) is 31.2 Å². The lowest BCUT2D eigenvalue weighted by Crippen LogP contribution is -2.26. The Bertz CT molecular complexity index is 849. The molecule has 6 nitrogen and oxygen atoms in total. The number of hydrogen-bond donors (Lipinski definition) is 0. The Morgan fingerprint density at radius 2 is 2.04 bits per heavy atom. The standard InChI is InChI=1S/C18H16ClN3O3/c1-2-18(23)21-17(13-4-3-5-15(10-13)22(24)25)11-16(20-21)12-6-8-14(19)9-7-12/h3-10,17H,2,11H2,1H3. The quantitative estimate of drug-likeness (QED) is 0.603. The van der Waals surface area contributed by atoms with Crippen molar-refractivity contribution in [3.8, 4) is 0 Å². The average molecular weight is 358 g/mol. The maximum Gasteiger partial charge on any atom is 0.269 e. The molecule has 0 saturated heterocycles. The number of nitro groups is 1. The molecule has 0 bridgehead atoms. The molecule has 0 N–H and O–H groups in total. The minimum Gasteiger partial charge on any atom is -0.273 e. The lowest BCUT2D eigenvalue weighted by molar-refractivity contribution is -0.384. The Kier molecular flexibility index (Phi) is 4.81. The van der Waals surface area contributed by atoms with Gasteiger partial charge >= 0.3 is 0 Å². The van der Waals surface area contributed by atoms with Crippen LogP contribution in [0.15, 0.2) is 53.6 Å². The van der Waals surface area contributed by atoms with Crippen molar-refractivity contribution in [3.05, 3.63) is 74.8 Å². The Balaban J connectivity index is 1.96. The smallest absolute Gasteiger partial charge is 0.269 e. The van der Waals surface area contributed by atoms with Crippen molar-refractivity contribution >= 4 is 28.9 Å². The van der Waals surface area contributed by atoms with E-state index in [4.69, 9.17) is 11.6 Å². The highest BCUT2D eigenvalue weighted by atomic mass is 35.5. The highest BCUT2D eigenvalue weighted by Gasteiger charge is 2.32. The normalized spacial score (nSPS) is 16.6. The SMILES string of the molecule is CCC(=O)N1N=C(c2ccc(Cl)cc2)CC1c1cccc([N+](=O)[O-])c1. The van der Waals surface area contributed by atoms with Crippen LogP contribution in [0, 0.1) is 10.1 Å². The summed E-state index contributed by atoms with van der Waals surface area (Å²) in [5.74, 6) is -0.125. The van der Waals surface area contributed by atoms with E-state index < -0.39 is 4.92 Å². The van der Waals surface area contributed by atoms with Crippen molar-refractivity contribution in [2.75, 3.05) is 0 Å². The zero-order valence-electron chi connectivity index (χ0n) is 13.6. The Labute approximate surface area is 149 Å². The summed E-state index contributed by atoms with van der Waals surface area (Å²) in [6, 6.07) is 13.2. The third-order valence-corrected chi connectivity index (χ3v) is 4.36. The van der Waals surface area contributed by atoms with Gasteiger partial charge in [0.2, 0.25) is 5.91 Å². The largest absolute Gasteiger partial charge is 0.273 e. The molecular weight excluding hydrogens is 342 g/mol. The number of benzene rings is 2. The summed E-state index contributed by atoms with van der Waals surface area (Å²) < 4.78 is 0. The molecule has 2 aromatic rings. The average Bonchev–Trinajstić information content (AvgIpc) is 3.07. The highest BCUT2D eigenvalue weighted by molar-refractivity contribution is 6.30. The second-order valence-electron chi connectivity index (χ2n) is 5.72. The molecule has 0 fully saturated rings. The summed E-state index contributed by atoms with van der Waals surface area (Å²) in [4.78, 5) is 22.9. The molecule has 25 heavy (non-hydrogen) atoms. The van der Waals surface area contributed by atoms with Gasteiger partial charge in [-0.25, -0.2) is 5.01 Å². The van der Waals surface area contributed by atoms with Crippen LogP contribution in [-0.4, -0.2) is 21.6 Å². The molecule has 2 aromatic carbocycles. The molecule has 7 heteroatoms. The van der Waals surface area contributed by atoms with Gasteiger partial charge in [0.15, 0.2) is 0 Å². The van der Waals surface area contributed by atoms with Crippen molar-refractivity contribution in [3.63, 3.8) is 0 Å². The van der Waals surface area contributed by atoms with E-state index in [2.05, 4.69) is 5.10 Å². The zero-order chi connectivity index (χ0) is 18.0. The maximum atomic E-state index is 12.3. The minimum atomic E-state index is -0.439. The van der Waals surface area contributed by atoms with E-state index in [0.717, 1.165) is 11.3 Å². The number of non-ortho nitro benzene ring substituents is 1. The molecule has 1 atom stereocenters. The lowest BCUT2D eigenvalue weighted by Gasteiger charge is -2.21. The van der Waals surface area contributed by atoms with Gasteiger partial charge in [-0.3, -0.25) is 14.9 Å². The van der Waals surface area contributed by atoms with Gasteiger partial charge in [0.25, 0.3) is 5.69 Å². The van der Waals surface area contributed by atoms with Crippen LogP contribution in [0.3, 0.4) is 0 Å². The molecule has 0 radical (unpaired) electrons. The molecule has 1 amide bonds. The van der Waals surface area contributed by atoms with E-state index in [1.807, 2.05) is 12.1 Å². The summed E-state index contributed by atoms with van der Waals surface area (Å²) in [7, 11) is 0. The molecule has 1 unspecified atom stereocenters. The van der Waals surface area contributed by atoms with Gasteiger partial charge in [-0.1, -0.05) is 42.8 Å². The number of amides is 1. The minimum absolute atomic E-state index is 0.00124. The van der Waals surface area contributed by atoms with Crippen LogP contribution in [0.4, 0.5) is 5.69 Å². The summed E-state index contributed by atoms with van der Waals surface area (Å²) in [5.41, 5.74) is 2.34. The molecule has 128 valence electrons. The molecule has 0 aromatic heterocycles. The van der Waals surface area contributed by atoms with E-state index >= 15 is 0 Å². The number of hydrazone groups is 1.